The number of ether oxygens (including phenoxy) is 3. The molecule has 194 valence electrons. The first-order valence-electron chi connectivity index (χ1n) is 12.7. The molecule has 0 unspecified atom stereocenters. The van der Waals surface area contributed by atoms with E-state index in [4.69, 9.17) is 14.2 Å². The molecule has 0 radical (unpaired) electrons. The van der Waals surface area contributed by atoms with Crippen molar-refractivity contribution in [1.82, 2.24) is 15.0 Å². The lowest BCUT2D eigenvalue weighted by Gasteiger charge is -2.32. The van der Waals surface area contributed by atoms with Gasteiger partial charge in [0.05, 0.1) is 36.5 Å². The summed E-state index contributed by atoms with van der Waals surface area (Å²) in [7, 11) is 2.09. The highest BCUT2D eigenvalue weighted by molar-refractivity contribution is 6.08. The minimum atomic E-state index is -0.288. The summed E-state index contributed by atoms with van der Waals surface area (Å²) >= 11 is 0. The molecule has 0 aliphatic rings. The van der Waals surface area contributed by atoms with Crippen molar-refractivity contribution >= 4 is 13.8 Å². The average molecular weight is 485 g/mol. The van der Waals surface area contributed by atoms with Crippen LogP contribution in [0.3, 0.4) is 0 Å². The summed E-state index contributed by atoms with van der Waals surface area (Å²) in [5.41, 5.74) is 1.63. The van der Waals surface area contributed by atoms with Gasteiger partial charge in [-0.3, -0.25) is 9.48 Å². The molecule has 0 amide bonds. The van der Waals surface area contributed by atoms with E-state index in [0.717, 1.165) is 31.5 Å². The zero-order valence-electron chi connectivity index (χ0n) is 23.0. The number of aryl methyl sites for hydroxylation is 2. The molecule has 0 saturated carbocycles. The quantitative estimate of drug-likeness (QED) is 0.225. The summed E-state index contributed by atoms with van der Waals surface area (Å²) in [5.74, 6) is 0.301. The first-order chi connectivity index (χ1) is 16.3. The predicted octanol–water partition coefficient (Wildman–Crippen LogP) is 4.37. The zero-order chi connectivity index (χ0) is 26.1. The molecular weight excluding hydrogens is 441 g/mol. The number of carbonyl (C=O) groups is 1. The van der Waals surface area contributed by atoms with Gasteiger partial charge in [-0.05, 0) is 58.1 Å². The van der Waals surface area contributed by atoms with Crippen LogP contribution in [0.2, 0.25) is 0 Å². The van der Waals surface area contributed by atoms with Gasteiger partial charge in [-0.15, -0.1) is 5.10 Å². The summed E-state index contributed by atoms with van der Waals surface area (Å²) < 4.78 is 19.5. The largest absolute Gasteiger partial charge is 0.427 e. The summed E-state index contributed by atoms with van der Waals surface area (Å²) in [6, 6.07) is 7.61. The van der Waals surface area contributed by atoms with E-state index in [-0.39, 0.29) is 29.0 Å². The van der Waals surface area contributed by atoms with Crippen LogP contribution in [-0.4, -0.2) is 53.2 Å². The first-order valence-corrected chi connectivity index (χ1v) is 12.7. The summed E-state index contributed by atoms with van der Waals surface area (Å²) in [6.07, 6.45) is 5.24. The third kappa shape index (κ3) is 11.9. The lowest BCUT2D eigenvalue weighted by molar-refractivity contribution is -0.134. The second-order valence-electron chi connectivity index (χ2n) is 11.7. The van der Waals surface area contributed by atoms with E-state index in [2.05, 4.69) is 66.6 Å². The lowest BCUT2D eigenvalue weighted by Crippen LogP contribution is -2.33. The highest BCUT2D eigenvalue weighted by Gasteiger charge is 2.25. The molecule has 1 aromatic carbocycles. The van der Waals surface area contributed by atoms with E-state index >= 15 is 0 Å². The second-order valence-corrected chi connectivity index (χ2v) is 11.7. The highest BCUT2D eigenvalue weighted by Crippen LogP contribution is 2.23. The molecule has 0 aliphatic heterocycles. The van der Waals surface area contributed by atoms with Gasteiger partial charge in [0.1, 0.15) is 13.6 Å². The topological polar surface area (TPSA) is 75.5 Å². The van der Waals surface area contributed by atoms with Crippen LogP contribution in [0.25, 0.3) is 0 Å². The van der Waals surface area contributed by atoms with Crippen molar-refractivity contribution < 1.29 is 19.0 Å². The summed E-state index contributed by atoms with van der Waals surface area (Å²) in [6.45, 7) is 17.0. The van der Waals surface area contributed by atoms with Gasteiger partial charge in [0.15, 0.2) is 0 Å². The lowest BCUT2D eigenvalue weighted by atomic mass is 9.97. The van der Waals surface area contributed by atoms with Crippen molar-refractivity contribution in [3.63, 3.8) is 0 Å². The zero-order valence-corrected chi connectivity index (χ0v) is 23.0. The standard InChI is InChI=1S/C27H44BN3O4/c1-25(2,3)20-34-27(6,7)15-17-33-26(4,5)14-16-31-19-22(29-30-31)10-13-24(32)35-23-11-8-21(18-28)9-12-23/h8-9,11-12,19H,10,13-18,20,28H2,1-7H3. The Morgan fingerprint density at radius 3 is 2.26 bits per heavy atom. The van der Waals surface area contributed by atoms with Crippen molar-refractivity contribution in [2.75, 3.05) is 13.2 Å². The normalized spacial score (nSPS) is 12.7. The maximum atomic E-state index is 12.2. The number of hydrogen-bond donors (Lipinski definition) is 0. The van der Waals surface area contributed by atoms with E-state index in [1.807, 2.05) is 35.1 Å². The molecular formula is C27H44BN3O4. The third-order valence-electron chi connectivity index (χ3n) is 5.77. The fraction of sp³-hybridized carbons (Fsp3) is 0.667. The van der Waals surface area contributed by atoms with Gasteiger partial charge in [-0.2, -0.15) is 0 Å². The molecule has 0 N–H and O–H groups in total. The maximum Gasteiger partial charge on any atom is 0.311 e. The van der Waals surface area contributed by atoms with Gasteiger partial charge in [-0.1, -0.05) is 50.0 Å². The molecule has 0 spiro atoms. The molecule has 0 bridgehead atoms. The Labute approximate surface area is 212 Å². The molecule has 0 saturated heterocycles. The first kappa shape index (κ1) is 29.0. The van der Waals surface area contributed by atoms with E-state index in [1.54, 1.807) is 0 Å². The molecule has 8 heteroatoms. The van der Waals surface area contributed by atoms with E-state index in [9.17, 15) is 4.79 Å². The minimum Gasteiger partial charge on any atom is -0.427 e. The Morgan fingerprint density at radius 1 is 0.971 bits per heavy atom. The van der Waals surface area contributed by atoms with E-state index in [0.29, 0.717) is 25.3 Å². The van der Waals surface area contributed by atoms with Gasteiger partial charge < -0.3 is 14.2 Å². The number of benzene rings is 1. The van der Waals surface area contributed by atoms with Crippen LogP contribution in [0.1, 0.15) is 79.0 Å². The average Bonchev–Trinajstić information content (AvgIpc) is 3.23. The Hall–Kier alpha value is -2.19. The highest BCUT2D eigenvalue weighted by atomic mass is 16.5. The van der Waals surface area contributed by atoms with Crippen molar-refractivity contribution in [2.24, 2.45) is 5.41 Å². The predicted molar refractivity (Wildman–Crippen MR) is 141 cm³/mol. The Kier molecular flexibility index (Phi) is 10.5. The Morgan fingerprint density at radius 2 is 1.63 bits per heavy atom. The summed E-state index contributed by atoms with van der Waals surface area (Å²) in [4.78, 5) is 12.2. The fourth-order valence-electron chi connectivity index (χ4n) is 3.28. The number of hydrogen-bond acceptors (Lipinski definition) is 6. The van der Waals surface area contributed by atoms with Crippen LogP contribution in [0.15, 0.2) is 30.5 Å². The molecule has 35 heavy (non-hydrogen) atoms. The number of aromatic nitrogens is 3. The van der Waals surface area contributed by atoms with Crippen molar-refractivity contribution in [2.45, 2.75) is 98.2 Å². The van der Waals surface area contributed by atoms with Gasteiger partial charge in [0, 0.05) is 19.2 Å². The molecule has 1 aromatic heterocycles. The molecule has 0 atom stereocenters. The molecule has 7 nitrogen and oxygen atoms in total. The molecule has 0 aliphatic carbocycles. The number of nitrogens with zero attached hydrogens (tertiary/aromatic N) is 3. The van der Waals surface area contributed by atoms with Crippen LogP contribution in [0, 0.1) is 5.41 Å². The molecule has 0 fully saturated rings. The second kappa shape index (κ2) is 12.7. The number of esters is 1. The van der Waals surface area contributed by atoms with Gasteiger partial charge in [0.25, 0.3) is 0 Å². The smallest absolute Gasteiger partial charge is 0.311 e. The van der Waals surface area contributed by atoms with Crippen LogP contribution in [0.4, 0.5) is 0 Å². The molecule has 1 heterocycles. The fourth-order valence-corrected chi connectivity index (χ4v) is 3.28. The van der Waals surface area contributed by atoms with Gasteiger partial charge in [-0.25, -0.2) is 0 Å². The Bertz CT molecular complexity index is 917. The van der Waals surface area contributed by atoms with Crippen LogP contribution in [-0.2, 0) is 33.6 Å². The van der Waals surface area contributed by atoms with Crippen LogP contribution in [0.5, 0.6) is 5.75 Å². The van der Waals surface area contributed by atoms with Crippen LogP contribution < -0.4 is 4.74 Å². The summed E-state index contributed by atoms with van der Waals surface area (Å²) in [5, 5.41) is 8.41. The van der Waals surface area contributed by atoms with Crippen LogP contribution >= 0.6 is 0 Å². The van der Waals surface area contributed by atoms with Gasteiger partial charge in [0.2, 0.25) is 0 Å². The monoisotopic (exact) mass is 485 g/mol. The van der Waals surface area contributed by atoms with Crippen molar-refractivity contribution in [3.05, 3.63) is 41.7 Å². The SMILES string of the molecule is BCc1ccc(OC(=O)CCc2cn(CCC(C)(C)OCCC(C)(C)OCC(C)(C)C)nn2)cc1. The van der Waals surface area contributed by atoms with Gasteiger partial charge >= 0.3 is 5.97 Å². The molecule has 2 rings (SSSR count). The van der Waals surface area contributed by atoms with Crippen molar-refractivity contribution in [3.8, 4) is 5.75 Å². The maximum absolute atomic E-state index is 12.2. The Balaban J connectivity index is 1.70. The van der Waals surface area contributed by atoms with Crippen molar-refractivity contribution in [1.29, 1.82) is 0 Å². The third-order valence-corrected chi connectivity index (χ3v) is 5.77. The minimum absolute atomic E-state index is 0.148. The number of carbonyl (C=O) groups excluding carboxylic acids is 1. The van der Waals surface area contributed by atoms with E-state index in [1.165, 1.54) is 5.56 Å². The molecule has 2 aromatic rings. The van der Waals surface area contributed by atoms with E-state index < -0.39 is 0 Å². The number of rotatable bonds is 14.